The van der Waals surface area contributed by atoms with Gasteiger partial charge in [-0.05, 0) is 36.5 Å². The average Bonchev–Trinajstić information content (AvgIpc) is 3.67. The molecule has 1 saturated heterocycles. The number of fused-ring (bicyclic) bond motifs is 1. The van der Waals surface area contributed by atoms with Crippen molar-refractivity contribution in [3.63, 3.8) is 0 Å². The van der Waals surface area contributed by atoms with Gasteiger partial charge in [0.15, 0.2) is 0 Å². The number of aromatic nitrogens is 1. The molecule has 1 aliphatic heterocycles. The van der Waals surface area contributed by atoms with Crippen molar-refractivity contribution in [3.8, 4) is 0 Å². The highest BCUT2D eigenvalue weighted by Gasteiger charge is 2.35. The molecule has 0 saturated carbocycles. The third-order valence-corrected chi connectivity index (χ3v) is 8.11. The molecule has 1 fully saturated rings. The number of amides is 5. The Balaban J connectivity index is 1.50. The molecular weight excluding hydrogens is 560 g/mol. The number of rotatable bonds is 14. The molecule has 0 radical (unpaired) electrons. The number of likely N-dealkylation sites (tertiary alicyclic amines) is 1. The van der Waals surface area contributed by atoms with Crippen LogP contribution in [0, 0.1) is 0 Å². The lowest BCUT2D eigenvalue weighted by molar-refractivity contribution is -0.138. The van der Waals surface area contributed by atoms with Crippen LogP contribution < -0.4 is 21.7 Å². The van der Waals surface area contributed by atoms with Crippen molar-refractivity contribution in [3.05, 3.63) is 71.9 Å². The Labute approximate surface area is 257 Å². The van der Waals surface area contributed by atoms with Gasteiger partial charge in [-0.25, -0.2) is 0 Å². The Hall–Kier alpha value is -4.67. The fourth-order valence-electron chi connectivity index (χ4n) is 5.71. The van der Waals surface area contributed by atoms with Crippen molar-refractivity contribution in [2.45, 2.75) is 83.0 Å². The first-order valence-corrected chi connectivity index (χ1v) is 15.2. The molecule has 3 aromatic rings. The lowest BCUT2D eigenvalue weighted by Gasteiger charge is -2.27. The molecule has 6 N–H and O–H groups in total. The van der Waals surface area contributed by atoms with E-state index >= 15 is 0 Å². The van der Waals surface area contributed by atoms with Gasteiger partial charge in [0.2, 0.25) is 29.5 Å². The van der Waals surface area contributed by atoms with E-state index in [0.29, 0.717) is 32.2 Å². The highest BCUT2D eigenvalue weighted by Crippen LogP contribution is 2.20. The molecule has 11 nitrogen and oxygen atoms in total. The number of H-pyrrole nitrogens is 1. The first-order chi connectivity index (χ1) is 21.2. The third-order valence-electron chi connectivity index (χ3n) is 8.11. The van der Waals surface area contributed by atoms with Crippen LogP contribution in [0.4, 0.5) is 0 Å². The van der Waals surface area contributed by atoms with Gasteiger partial charge in [-0.2, -0.15) is 0 Å². The Morgan fingerprint density at radius 3 is 2.30 bits per heavy atom. The summed E-state index contributed by atoms with van der Waals surface area (Å²) in [5.74, 6) is -2.35. The largest absolute Gasteiger partial charge is 0.368 e. The number of carbonyl (C=O) groups excluding carboxylic acids is 5. The molecule has 4 rings (SSSR count). The summed E-state index contributed by atoms with van der Waals surface area (Å²) in [5, 5.41) is 9.35. The number of hydrogen-bond acceptors (Lipinski definition) is 5. The summed E-state index contributed by atoms with van der Waals surface area (Å²) >= 11 is 0. The summed E-state index contributed by atoms with van der Waals surface area (Å²) in [6.45, 7) is 3.89. The quantitative estimate of drug-likeness (QED) is 0.190. The summed E-state index contributed by atoms with van der Waals surface area (Å²) in [6, 6.07) is 13.3. The highest BCUT2D eigenvalue weighted by atomic mass is 16.2. The number of para-hydroxylation sites is 1. The minimum atomic E-state index is -0.998. The van der Waals surface area contributed by atoms with Gasteiger partial charge in [0.1, 0.15) is 24.2 Å². The summed E-state index contributed by atoms with van der Waals surface area (Å²) in [7, 11) is 0. The van der Waals surface area contributed by atoms with Crippen LogP contribution in [0.3, 0.4) is 0 Å². The molecule has 4 atom stereocenters. The maximum Gasteiger partial charge on any atom is 0.243 e. The molecule has 2 heterocycles. The van der Waals surface area contributed by atoms with Crippen molar-refractivity contribution in [2.24, 2.45) is 5.73 Å². The monoisotopic (exact) mass is 602 g/mol. The summed E-state index contributed by atoms with van der Waals surface area (Å²) in [4.78, 5) is 69.8. The fourth-order valence-corrected chi connectivity index (χ4v) is 5.71. The van der Waals surface area contributed by atoms with Gasteiger partial charge in [0.25, 0.3) is 0 Å². The molecule has 1 aromatic heterocycles. The second-order valence-corrected chi connectivity index (χ2v) is 11.4. The molecule has 234 valence electrons. The van der Waals surface area contributed by atoms with E-state index in [4.69, 9.17) is 5.73 Å². The van der Waals surface area contributed by atoms with Crippen LogP contribution in [0.1, 0.15) is 57.1 Å². The molecule has 44 heavy (non-hydrogen) atoms. The number of nitrogens with two attached hydrogens (primary N) is 1. The lowest BCUT2D eigenvalue weighted by atomic mass is 10.0. The van der Waals surface area contributed by atoms with Crippen molar-refractivity contribution >= 4 is 40.4 Å². The van der Waals surface area contributed by atoms with Crippen LogP contribution in [0.5, 0.6) is 0 Å². The standard InChI is InChI=1S/C33H42N6O5/c1-3-4-14-26(31(42)37-27(30(34)41)19-23-20-35-25-15-9-8-13-24(23)25)36-32(43)28(18-22-11-6-5-7-12-22)38-33(44)29-16-10-17-39(29)21(2)40/h5-9,11-13,15,20,26-29,35H,3-4,10,14,16-19H2,1-2H3,(H2,34,41)(H,36,43)(H,37,42)(H,38,44)/t26-,27-,28+,29-/m0/s1. The number of aromatic amines is 1. The van der Waals surface area contributed by atoms with Gasteiger partial charge in [-0.1, -0.05) is 68.3 Å². The topological polar surface area (TPSA) is 166 Å². The predicted molar refractivity (Wildman–Crippen MR) is 167 cm³/mol. The lowest BCUT2D eigenvalue weighted by Crippen LogP contribution is -2.58. The minimum Gasteiger partial charge on any atom is -0.368 e. The summed E-state index contributed by atoms with van der Waals surface area (Å²) < 4.78 is 0. The van der Waals surface area contributed by atoms with E-state index in [9.17, 15) is 24.0 Å². The zero-order valence-electron chi connectivity index (χ0n) is 25.3. The van der Waals surface area contributed by atoms with Crippen molar-refractivity contribution in [2.75, 3.05) is 6.54 Å². The van der Waals surface area contributed by atoms with Gasteiger partial charge >= 0.3 is 0 Å². The number of nitrogens with one attached hydrogen (secondary N) is 4. The van der Waals surface area contributed by atoms with Crippen molar-refractivity contribution in [1.82, 2.24) is 25.8 Å². The van der Waals surface area contributed by atoms with Crippen LogP contribution in [0.25, 0.3) is 10.9 Å². The van der Waals surface area contributed by atoms with E-state index < -0.39 is 47.8 Å². The molecule has 0 aliphatic carbocycles. The van der Waals surface area contributed by atoms with E-state index in [0.717, 1.165) is 28.5 Å². The first-order valence-electron chi connectivity index (χ1n) is 15.2. The summed E-state index contributed by atoms with van der Waals surface area (Å²) in [5.41, 5.74) is 8.26. The first kappa shape index (κ1) is 32.2. The zero-order valence-corrected chi connectivity index (χ0v) is 25.3. The van der Waals surface area contributed by atoms with Crippen LogP contribution >= 0.6 is 0 Å². The number of nitrogens with zero attached hydrogens (tertiary/aromatic N) is 1. The van der Waals surface area contributed by atoms with Crippen molar-refractivity contribution < 1.29 is 24.0 Å². The Morgan fingerprint density at radius 2 is 1.59 bits per heavy atom. The van der Waals surface area contributed by atoms with Gasteiger partial charge in [0, 0.05) is 43.4 Å². The SMILES string of the molecule is CCCC[C@H](NC(=O)[C@@H](Cc1ccccc1)NC(=O)[C@@H]1CCCN1C(C)=O)C(=O)N[C@@H](Cc1c[nH]c2ccccc12)C(N)=O. The molecular formula is C33H42N6O5. The fraction of sp³-hybridized carbons (Fsp3) is 0.424. The smallest absolute Gasteiger partial charge is 0.243 e. The zero-order chi connectivity index (χ0) is 31.6. The van der Waals surface area contributed by atoms with Gasteiger partial charge in [-0.3, -0.25) is 24.0 Å². The third kappa shape index (κ3) is 8.24. The van der Waals surface area contributed by atoms with Crippen LogP contribution in [-0.4, -0.2) is 70.1 Å². The second-order valence-electron chi connectivity index (χ2n) is 11.4. The highest BCUT2D eigenvalue weighted by molar-refractivity contribution is 5.96. The van der Waals surface area contributed by atoms with Gasteiger partial charge in [0.05, 0.1) is 0 Å². The average molecular weight is 603 g/mol. The maximum atomic E-state index is 13.7. The Morgan fingerprint density at radius 1 is 0.909 bits per heavy atom. The maximum absolute atomic E-state index is 13.7. The van der Waals surface area contributed by atoms with E-state index in [1.165, 1.54) is 11.8 Å². The Bertz CT molecular complexity index is 1470. The minimum absolute atomic E-state index is 0.181. The molecule has 5 amide bonds. The van der Waals surface area contributed by atoms with Gasteiger partial charge in [-0.15, -0.1) is 0 Å². The molecule has 11 heteroatoms. The van der Waals surface area contributed by atoms with Crippen LogP contribution in [-0.2, 0) is 36.8 Å². The van der Waals surface area contributed by atoms with E-state index in [1.54, 1.807) is 6.20 Å². The van der Waals surface area contributed by atoms with Crippen LogP contribution in [0.2, 0.25) is 0 Å². The molecule has 0 unspecified atom stereocenters. The molecule has 0 spiro atoms. The predicted octanol–water partition coefficient (Wildman–Crippen LogP) is 2.09. The Kier molecular flexibility index (Phi) is 11.1. The molecule has 1 aliphatic rings. The second kappa shape index (κ2) is 15.2. The van der Waals surface area contributed by atoms with Crippen LogP contribution in [0.15, 0.2) is 60.8 Å². The number of carbonyl (C=O) groups is 5. The van der Waals surface area contributed by atoms with E-state index in [-0.39, 0.29) is 18.7 Å². The number of primary amides is 1. The molecule has 0 bridgehead atoms. The number of benzene rings is 2. The van der Waals surface area contributed by atoms with Gasteiger partial charge < -0.3 is 31.6 Å². The normalized spacial score (nSPS) is 16.6. The number of hydrogen-bond donors (Lipinski definition) is 5. The van der Waals surface area contributed by atoms with E-state index in [2.05, 4.69) is 20.9 Å². The number of unbranched alkanes of at least 4 members (excludes halogenated alkanes) is 1. The molecule has 2 aromatic carbocycles. The van der Waals surface area contributed by atoms with E-state index in [1.807, 2.05) is 61.5 Å². The summed E-state index contributed by atoms with van der Waals surface area (Å²) in [6.07, 6.45) is 5.13. The van der Waals surface area contributed by atoms with Crippen molar-refractivity contribution in [1.29, 1.82) is 0 Å².